The molecule has 32 heavy (non-hydrogen) atoms. The van der Waals surface area contributed by atoms with Gasteiger partial charge >= 0.3 is 5.97 Å². The Labute approximate surface area is 194 Å². The lowest BCUT2D eigenvalue weighted by molar-refractivity contribution is -0.139. The summed E-state index contributed by atoms with van der Waals surface area (Å²) in [6.45, 7) is 0.395. The summed E-state index contributed by atoms with van der Waals surface area (Å²) >= 11 is 6.94. The number of methoxy groups -OCH3 is 1. The Kier molecular flexibility index (Phi) is 8.03. The summed E-state index contributed by atoms with van der Waals surface area (Å²) in [4.78, 5) is 51.3. The zero-order valence-corrected chi connectivity index (χ0v) is 19.0. The molecule has 0 aromatic heterocycles. The standard InChI is InChI=1S/C21H23ClN2O7S/c1-30-15-9-13(8-14(22)19(15)31-12-18(26)27)10-16-20(28)24(21(29)32-16)11-17(25)23-6-4-2-3-5-7-23/h8-10H,2-7,11-12H2,1H3,(H,26,27). The van der Waals surface area contributed by atoms with Gasteiger partial charge < -0.3 is 19.5 Å². The van der Waals surface area contributed by atoms with Gasteiger partial charge in [0.1, 0.15) is 6.54 Å². The van der Waals surface area contributed by atoms with Gasteiger partial charge in [-0.2, -0.15) is 0 Å². The molecule has 0 radical (unpaired) electrons. The molecule has 2 saturated heterocycles. The minimum atomic E-state index is -1.17. The number of halogens is 1. The molecular formula is C21H23ClN2O7S. The number of rotatable bonds is 7. The van der Waals surface area contributed by atoms with Crippen molar-refractivity contribution in [1.82, 2.24) is 9.80 Å². The molecule has 0 spiro atoms. The van der Waals surface area contributed by atoms with Crippen LogP contribution in [-0.4, -0.2) is 71.3 Å². The molecule has 1 N–H and O–H groups in total. The maximum absolute atomic E-state index is 12.8. The molecule has 172 valence electrons. The molecule has 2 heterocycles. The third-order valence-electron chi connectivity index (χ3n) is 5.02. The maximum Gasteiger partial charge on any atom is 0.341 e. The lowest BCUT2D eigenvalue weighted by Crippen LogP contribution is -2.42. The van der Waals surface area contributed by atoms with E-state index in [2.05, 4.69) is 0 Å². The van der Waals surface area contributed by atoms with Crippen molar-refractivity contribution in [2.75, 3.05) is 33.4 Å². The summed E-state index contributed by atoms with van der Waals surface area (Å²) in [5.74, 6) is -1.72. The van der Waals surface area contributed by atoms with E-state index in [1.807, 2.05) is 0 Å². The summed E-state index contributed by atoms with van der Waals surface area (Å²) in [5.41, 5.74) is 0.457. The van der Waals surface area contributed by atoms with Crippen LogP contribution in [0, 0.1) is 0 Å². The zero-order chi connectivity index (χ0) is 23.3. The smallest absolute Gasteiger partial charge is 0.341 e. The van der Waals surface area contributed by atoms with Crippen LogP contribution in [0.5, 0.6) is 11.5 Å². The minimum absolute atomic E-state index is 0.0601. The van der Waals surface area contributed by atoms with E-state index in [9.17, 15) is 19.2 Å². The fraction of sp³-hybridized carbons (Fsp3) is 0.429. The fourth-order valence-corrected chi connectivity index (χ4v) is 4.55. The van der Waals surface area contributed by atoms with Crippen LogP contribution in [0.15, 0.2) is 17.0 Å². The molecule has 2 fully saturated rings. The largest absolute Gasteiger partial charge is 0.493 e. The van der Waals surface area contributed by atoms with Crippen LogP contribution < -0.4 is 9.47 Å². The monoisotopic (exact) mass is 482 g/mol. The number of aliphatic carboxylic acids is 1. The lowest BCUT2D eigenvalue weighted by atomic mass is 10.1. The summed E-state index contributed by atoms with van der Waals surface area (Å²) in [6.07, 6.45) is 5.45. The van der Waals surface area contributed by atoms with Gasteiger partial charge in [0.15, 0.2) is 18.1 Å². The van der Waals surface area contributed by atoms with Crippen LogP contribution >= 0.6 is 23.4 Å². The molecule has 2 aliphatic rings. The number of hydrogen-bond acceptors (Lipinski definition) is 7. The minimum Gasteiger partial charge on any atom is -0.493 e. The molecule has 1 aromatic carbocycles. The number of likely N-dealkylation sites (tertiary alicyclic amines) is 1. The molecule has 0 saturated carbocycles. The molecule has 0 aliphatic carbocycles. The second-order valence-corrected chi connectivity index (χ2v) is 8.68. The first-order chi connectivity index (χ1) is 15.3. The van der Waals surface area contributed by atoms with Crippen molar-refractivity contribution in [2.45, 2.75) is 25.7 Å². The predicted molar refractivity (Wildman–Crippen MR) is 119 cm³/mol. The van der Waals surface area contributed by atoms with E-state index in [1.165, 1.54) is 25.3 Å². The average Bonchev–Trinajstić information content (AvgIpc) is 2.95. The third kappa shape index (κ3) is 5.74. The Balaban J connectivity index is 1.75. The van der Waals surface area contributed by atoms with E-state index in [1.54, 1.807) is 4.90 Å². The van der Waals surface area contributed by atoms with Crippen molar-refractivity contribution in [3.8, 4) is 11.5 Å². The number of ether oxygens (including phenoxy) is 2. The van der Waals surface area contributed by atoms with Gasteiger partial charge in [-0.05, 0) is 48.4 Å². The number of carboxylic acids is 1. The first-order valence-corrected chi connectivity index (χ1v) is 11.2. The number of carbonyl (C=O) groups excluding carboxylic acids is 3. The van der Waals surface area contributed by atoms with Crippen LogP contribution in [0.3, 0.4) is 0 Å². The van der Waals surface area contributed by atoms with Crippen LogP contribution in [0.4, 0.5) is 4.79 Å². The number of carboxylic acid groups (broad SMARTS) is 1. The van der Waals surface area contributed by atoms with Gasteiger partial charge in [-0.3, -0.25) is 19.3 Å². The molecule has 2 aliphatic heterocycles. The molecule has 9 nitrogen and oxygen atoms in total. The average molecular weight is 483 g/mol. The van der Waals surface area contributed by atoms with Gasteiger partial charge in [-0.1, -0.05) is 24.4 Å². The van der Waals surface area contributed by atoms with Gasteiger partial charge in [0.05, 0.1) is 17.0 Å². The molecule has 11 heteroatoms. The maximum atomic E-state index is 12.8. The number of carbonyl (C=O) groups is 4. The van der Waals surface area contributed by atoms with E-state index >= 15 is 0 Å². The van der Waals surface area contributed by atoms with E-state index < -0.39 is 23.7 Å². The Hall–Kier alpha value is -2.72. The van der Waals surface area contributed by atoms with Crippen LogP contribution in [-0.2, 0) is 14.4 Å². The molecule has 0 atom stereocenters. The van der Waals surface area contributed by atoms with Crippen molar-refractivity contribution < 1.29 is 33.8 Å². The molecule has 1 aromatic rings. The third-order valence-corrected chi connectivity index (χ3v) is 6.20. The Morgan fingerprint density at radius 3 is 2.50 bits per heavy atom. The number of thioether (sulfide) groups is 1. The summed E-state index contributed by atoms with van der Waals surface area (Å²) in [7, 11) is 1.37. The lowest BCUT2D eigenvalue weighted by Gasteiger charge is -2.22. The van der Waals surface area contributed by atoms with Crippen molar-refractivity contribution in [1.29, 1.82) is 0 Å². The second-order valence-electron chi connectivity index (χ2n) is 7.28. The number of nitrogens with zero attached hydrogens (tertiary/aromatic N) is 2. The van der Waals surface area contributed by atoms with Crippen LogP contribution in [0.25, 0.3) is 6.08 Å². The van der Waals surface area contributed by atoms with Crippen molar-refractivity contribution in [3.63, 3.8) is 0 Å². The Morgan fingerprint density at radius 2 is 1.88 bits per heavy atom. The number of imide groups is 1. The Bertz CT molecular complexity index is 958. The first kappa shape index (κ1) is 23.9. The number of hydrogen-bond donors (Lipinski definition) is 1. The highest BCUT2D eigenvalue weighted by Gasteiger charge is 2.37. The molecule has 3 rings (SSSR count). The number of benzene rings is 1. The quantitative estimate of drug-likeness (QED) is 0.589. The van der Waals surface area contributed by atoms with Gasteiger partial charge in [-0.25, -0.2) is 4.79 Å². The van der Waals surface area contributed by atoms with E-state index in [0.29, 0.717) is 18.7 Å². The molecular weight excluding hydrogens is 460 g/mol. The molecule has 0 unspecified atom stereocenters. The van der Waals surface area contributed by atoms with Crippen molar-refractivity contribution >= 4 is 52.5 Å². The van der Waals surface area contributed by atoms with Gasteiger partial charge in [0.25, 0.3) is 11.1 Å². The van der Waals surface area contributed by atoms with E-state index in [4.69, 9.17) is 26.2 Å². The Morgan fingerprint density at radius 1 is 1.19 bits per heavy atom. The van der Waals surface area contributed by atoms with Crippen LogP contribution in [0.1, 0.15) is 31.2 Å². The van der Waals surface area contributed by atoms with Crippen LogP contribution in [0.2, 0.25) is 5.02 Å². The summed E-state index contributed by atoms with van der Waals surface area (Å²) in [6, 6.07) is 2.98. The normalized spacial score (nSPS) is 18.1. The predicted octanol–water partition coefficient (Wildman–Crippen LogP) is 3.25. The summed E-state index contributed by atoms with van der Waals surface area (Å²) < 4.78 is 10.4. The fourth-order valence-electron chi connectivity index (χ4n) is 3.44. The first-order valence-electron chi connectivity index (χ1n) is 10.1. The zero-order valence-electron chi connectivity index (χ0n) is 17.5. The van der Waals surface area contributed by atoms with Gasteiger partial charge in [0, 0.05) is 13.1 Å². The van der Waals surface area contributed by atoms with Gasteiger partial charge in [-0.15, -0.1) is 0 Å². The molecule has 0 bridgehead atoms. The van der Waals surface area contributed by atoms with E-state index in [0.717, 1.165) is 42.3 Å². The SMILES string of the molecule is COc1cc(C=C2SC(=O)N(CC(=O)N3CCCCCC3)C2=O)cc(Cl)c1OCC(=O)O. The highest BCUT2D eigenvalue weighted by molar-refractivity contribution is 8.18. The summed E-state index contributed by atoms with van der Waals surface area (Å²) in [5, 5.41) is 8.37. The van der Waals surface area contributed by atoms with Crippen molar-refractivity contribution in [3.05, 3.63) is 27.6 Å². The van der Waals surface area contributed by atoms with E-state index in [-0.39, 0.29) is 33.9 Å². The van der Waals surface area contributed by atoms with Gasteiger partial charge in [0.2, 0.25) is 5.91 Å². The highest BCUT2D eigenvalue weighted by atomic mass is 35.5. The highest BCUT2D eigenvalue weighted by Crippen LogP contribution is 2.39. The second kappa shape index (κ2) is 10.7. The molecule has 3 amide bonds. The topological polar surface area (TPSA) is 113 Å². The van der Waals surface area contributed by atoms with Crippen molar-refractivity contribution in [2.24, 2.45) is 0 Å². The number of amides is 3.